The van der Waals surface area contributed by atoms with E-state index in [1.54, 1.807) is 12.3 Å². The molecule has 5 nitrogen and oxygen atoms in total. The van der Waals surface area contributed by atoms with Crippen LogP contribution in [0.1, 0.15) is 35.9 Å². The molecule has 2 N–H and O–H groups in total. The first-order chi connectivity index (χ1) is 11.6. The van der Waals surface area contributed by atoms with Gasteiger partial charge in [0.15, 0.2) is 5.69 Å². The number of aromatic amines is 1. The van der Waals surface area contributed by atoms with Crippen LogP contribution in [0.4, 0.5) is 5.82 Å². The Morgan fingerprint density at radius 1 is 1.12 bits per heavy atom. The molecule has 0 fully saturated rings. The SMILES string of the molecule is CC(C)c1[nH]nc(C(=O)Nc2ccc(-c3ccccc3)cn2)c1Br. The fourth-order valence-corrected chi connectivity index (χ4v) is 3.13. The zero-order valence-corrected chi connectivity index (χ0v) is 15.0. The number of anilines is 1. The zero-order chi connectivity index (χ0) is 17.1. The molecule has 0 saturated heterocycles. The van der Waals surface area contributed by atoms with Gasteiger partial charge in [0, 0.05) is 11.8 Å². The Hall–Kier alpha value is -2.47. The maximum atomic E-state index is 12.4. The Labute approximate surface area is 148 Å². The maximum absolute atomic E-state index is 12.4. The van der Waals surface area contributed by atoms with Gasteiger partial charge in [0.05, 0.1) is 10.2 Å². The molecule has 122 valence electrons. The van der Waals surface area contributed by atoms with Crippen molar-refractivity contribution in [2.75, 3.05) is 5.32 Å². The van der Waals surface area contributed by atoms with E-state index in [-0.39, 0.29) is 11.8 Å². The van der Waals surface area contributed by atoms with Gasteiger partial charge in [0.1, 0.15) is 5.82 Å². The molecule has 0 aliphatic heterocycles. The molecule has 24 heavy (non-hydrogen) atoms. The number of pyridine rings is 1. The molecule has 6 heteroatoms. The molecule has 0 spiro atoms. The third kappa shape index (κ3) is 3.38. The minimum atomic E-state index is -0.301. The summed E-state index contributed by atoms with van der Waals surface area (Å²) in [6, 6.07) is 13.7. The zero-order valence-electron chi connectivity index (χ0n) is 13.4. The van der Waals surface area contributed by atoms with Gasteiger partial charge >= 0.3 is 0 Å². The van der Waals surface area contributed by atoms with Gasteiger partial charge in [-0.1, -0.05) is 44.2 Å². The van der Waals surface area contributed by atoms with Gasteiger partial charge in [-0.05, 0) is 39.5 Å². The van der Waals surface area contributed by atoms with Crippen molar-refractivity contribution in [1.82, 2.24) is 15.2 Å². The Morgan fingerprint density at radius 2 is 1.88 bits per heavy atom. The van der Waals surface area contributed by atoms with E-state index in [1.807, 2.05) is 50.2 Å². The lowest BCUT2D eigenvalue weighted by atomic mass is 10.1. The molecule has 1 aromatic carbocycles. The van der Waals surface area contributed by atoms with Crippen molar-refractivity contribution in [3.63, 3.8) is 0 Å². The number of hydrogen-bond donors (Lipinski definition) is 2. The van der Waals surface area contributed by atoms with Crippen LogP contribution in [0.3, 0.4) is 0 Å². The van der Waals surface area contributed by atoms with Gasteiger partial charge in [-0.25, -0.2) is 4.98 Å². The number of H-pyrrole nitrogens is 1. The van der Waals surface area contributed by atoms with Crippen LogP contribution in [-0.4, -0.2) is 21.1 Å². The van der Waals surface area contributed by atoms with Crippen LogP contribution >= 0.6 is 15.9 Å². The highest BCUT2D eigenvalue weighted by Gasteiger charge is 2.19. The molecule has 0 bridgehead atoms. The molecule has 0 aliphatic rings. The Morgan fingerprint density at radius 3 is 2.46 bits per heavy atom. The Kier molecular flexibility index (Phi) is 4.76. The first-order valence-corrected chi connectivity index (χ1v) is 8.42. The van der Waals surface area contributed by atoms with E-state index in [4.69, 9.17) is 0 Å². The smallest absolute Gasteiger partial charge is 0.278 e. The molecule has 0 unspecified atom stereocenters. The van der Waals surface area contributed by atoms with Crippen molar-refractivity contribution >= 4 is 27.7 Å². The number of carbonyl (C=O) groups is 1. The highest BCUT2D eigenvalue weighted by molar-refractivity contribution is 9.10. The molecule has 3 aromatic rings. The van der Waals surface area contributed by atoms with Crippen LogP contribution < -0.4 is 5.32 Å². The number of rotatable bonds is 4. The van der Waals surface area contributed by atoms with Crippen LogP contribution in [0.5, 0.6) is 0 Å². The summed E-state index contributed by atoms with van der Waals surface area (Å²) >= 11 is 3.43. The van der Waals surface area contributed by atoms with Crippen molar-refractivity contribution in [3.05, 3.63) is 64.5 Å². The van der Waals surface area contributed by atoms with Crippen molar-refractivity contribution in [2.24, 2.45) is 0 Å². The molecule has 2 aromatic heterocycles. The third-order valence-electron chi connectivity index (χ3n) is 3.64. The van der Waals surface area contributed by atoms with Gasteiger partial charge in [-0.15, -0.1) is 0 Å². The van der Waals surface area contributed by atoms with E-state index in [0.29, 0.717) is 16.0 Å². The van der Waals surface area contributed by atoms with E-state index < -0.39 is 0 Å². The third-order valence-corrected chi connectivity index (χ3v) is 4.44. The first kappa shape index (κ1) is 16.4. The lowest BCUT2D eigenvalue weighted by Gasteiger charge is -2.05. The number of carbonyl (C=O) groups excluding carboxylic acids is 1. The number of nitrogens with zero attached hydrogens (tertiary/aromatic N) is 2. The summed E-state index contributed by atoms with van der Waals surface area (Å²) in [5.41, 5.74) is 3.30. The molecule has 0 atom stereocenters. The van der Waals surface area contributed by atoms with E-state index in [9.17, 15) is 4.79 Å². The minimum Gasteiger partial charge on any atom is -0.305 e. The number of hydrogen-bond acceptors (Lipinski definition) is 3. The topological polar surface area (TPSA) is 70.7 Å². The average Bonchev–Trinajstić information content (AvgIpc) is 2.98. The fraction of sp³-hybridized carbons (Fsp3) is 0.167. The van der Waals surface area contributed by atoms with E-state index in [2.05, 4.69) is 36.4 Å². The second-order valence-electron chi connectivity index (χ2n) is 5.71. The maximum Gasteiger partial charge on any atom is 0.278 e. The van der Waals surface area contributed by atoms with Gasteiger partial charge in [0.2, 0.25) is 0 Å². The summed E-state index contributed by atoms with van der Waals surface area (Å²) in [7, 11) is 0. The van der Waals surface area contributed by atoms with Crippen LogP contribution in [0.15, 0.2) is 53.1 Å². The van der Waals surface area contributed by atoms with E-state index in [0.717, 1.165) is 16.8 Å². The second-order valence-corrected chi connectivity index (χ2v) is 6.50. The molecule has 1 amide bonds. The largest absolute Gasteiger partial charge is 0.305 e. The normalized spacial score (nSPS) is 10.8. The minimum absolute atomic E-state index is 0.247. The number of amides is 1. The summed E-state index contributed by atoms with van der Waals surface area (Å²) in [4.78, 5) is 16.7. The second kappa shape index (κ2) is 6.97. The van der Waals surface area contributed by atoms with Crippen molar-refractivity contribution in [3.8, 4) is 11.1 Å². The van der Waals surface area contributed by atoms with Crippen molar-refractivity contribution in [2.45, 2.75) is 19.8 Å². The van der Waals surface area contributed by atoms with Gasteiger partial charge < -0.3 is 5.32 Å². The van der Waals surface area contributed by atoms with E-state index in [1.165, 1.54) is 0 Å². The van der Waals surface area contributed by atoms with Gasteiger partial charge in [-0.3, -0.25) is 9.89 Å². The first-order valence-electron chi connectivity index (χ1n) is 7.63. The van der Waals surface area contributed by atoms with Crippen molar-refractivity contribution in [1.29, 1.82) is 0 Å². The summed E-state index contributed by atoms with van der Waals surface area (Å²) in [6.07, 6.45) is 1.74. The molecule has 0 saturated carbocycles. The van der Waals surface area contributed by atoms with Crippen LogP contribution in [0.25, 0.3) is 11.1 Å². The molecule has 0 radical (unpaired) electrons. The highest BCUT2D eigenvalue weighted by atomic mass is 79.9. The number of aromatic nitrogens is 3. The number of benzene rings is 1. The number of halogens is 1. The average molecular weight is 385 g/mol. The van der Waals surface area contributed by atoms with Crippen molar-refractivity contribution < 1.29 is 4.79 Å². The summed E-state index contributed by atoms with van der Waals surface area (Å²) < 4.78 is 0.691. The lowest BCUT2D eigenvalue weighted by Crippen LogP contribution is -2.14. The Bertz CT molecular complexity index is 841. The van der Waals surface area contributed by atoms with Crippen LogP contribution in [0.2, 0.25) is 0 Å². The summed E-state index contributed by atoms with van der Waals surface area (Å²) in [5.74, 6) is 0.433. The number of nitrogens with one attached hydrogen (secondary N) is 2. The quantitative estimate of drug-likeness (QED) is 0.689. The molecule has 3 rings (SSSR count). The van der Waals surface area contributed by atoms with Crippen LogP contribution in [0, 0.1) is 0 Å². The summed E-state index contributed by atoms with van der Waals surface area (Å²) in [6.45, 7) is 4.06. The molecular formula is C18H17BrN4O. The van der Waals surface area contributed by atoms with E-state index >= 15 is 0 Å². The fourth-order valence-electron chi connectivity index (χ4n) is 2.32. The Balaban J connectivity index is 1.76. The monoisotopic (exact) mass is 384 g/mol. The lowest BCUT2D eigenvalue weighted by molar-refractivity contribution is 0.102. The predicted molar refractivity (Wildman–Crippen MR) is 98.0 cm³/mol. The summed E-state index contributed by atoms with van der Waals surface area (Å²) in [5, 5.41) is 9.75. The van der Waals surface area contributed by atoms with Gasteiger partial charge in [0.25, 0.3) is 5.91 Å². The standard InChI is InChI=1S/C18H17BrN4O/c1-11(2)16-15(19)17(23-22-16)18(24)21-14-9-8-13(10-20-14)12-6-4-3-5-7-12/h3-11H,1-2H3,(H,22,23)(H,20,21,24). The molecule has 0 aliphatic carbocycles. The molecule has 2 heterocycles. The van der Waals surface area contributed by atoms with Gasteiger partial charge in [-0.2, -0.15) is 5.10 Å². The highest BCUT2D eigenvalue weighted by Crippen LogP contribution is 2.26. The molecular weight excluding hydrogens is 368 g/mol. The predicted octanol–water partition coefficient (Wildman–Crippen LogP) is 4.61. The van der Waals surface area contributed by atoms with Crippen LogP contribution in [-0.2, 0) is 0 Å².